The maximum absolute atomic E-state index is 13.3. The summed E-state index contributed by atoms with van der Waals surface area (Å²) in [7, 11) is -1.61. The topological polar surface area (TPSA) is 75.7 Å². The van der Waals surface area contributed by atoms with Crippen LogP contribution in [0, 0.1) is 0 Å². The summed E-state index contributed by atoms with van der Waals surface area (Å²) < 4.78 is 31.2. The maximum atomic E-state index is 13.3. The van der Waals surface area contributed by atoms with Crippen molar-refractivity contribution in [3.8, 4) is 5.75 Å². The molecule has 30 heavy (non-hydrogen) atoms. The van der Waals surface area contributed by atoms with Crippen molar-refractivity contribution in [3.63, 3.8) is 0 Å². The van der Waals surface area contributed by atoms with Gasteiger partial charge in [-0.05, 0) is 49.4 Å². The number of hydrogen-bond donors (Lipinski definition) is 1. The minimum Gasteiger partial charge on any atom is -0.497 e. The molecule has 1 heterocycles. The Kier molecular flexibility index (Phi) is 7.15. The molecular formula is C23H30N2O4S. The number of amides is 1. The number of piperidine rings is 1. The first-order valence-corrected chi connectivity index (χ1v) is 12.0. The van der Waals surface area contributed by atoms with E-state index in [4.69, 9.17) is 4.74 Å². The van der Waals surface area contributed by atoms with Crippen LogP contribution in [0.3, 0.4) is 0 Å². The molecule has 0 aliphatic carbocycles. The Bertz CT molecular complexity index is 935. The Morgan fingerprint density at radius 1 is 1.07 bits per heavy atom. The Morgan fingerprint density at radius 2 is 1.70 bits per heavy atom. The second-order valence-electron chi connectivity index (χ2n) is 7.60. The van der Waals surface area contributed by atoms with Crippen LogP contribution in [0.4, 0.5) is 0 Å². The van der Waals surface area contributed by atoms with E-state index in [1.54, 1.807) is 14.0 Å². The number of carbonyl (C=O) groups is 1. The van der Waals surface area contributed by atoms with Gasteiger partial charge in [-0.25, -0.2) is 12.7 Å². The lowest BCUT2D eigenvalue weighted by Crippen LogP contribution is -2.53. The van der Waals surface area contributed by atoms with Crippen molar-refractivity contribution in [2.45, 2.75) is 31.6 Å². The van der Waals surface area contributed by atoms with Gasteiger partial charge < -0.3 is 10.1 Å². The summed E-state index contributed by atoms with van der Waals surface area (Å²) >= 11 is 0. The Hall–Kier alpha value is -2.38. The molecule has 0 atom stereocenters. The van der Waals surface area contributed by atoms with Gasteiger partial charge >= 0.3 is 0 Å². The first-order chi connectivity index (χ1) is 14.4. The Morgan fingerprint density at radius 3 is 2.27 bits per heavy atom. The zero-order valence-electron chi connectivity index (χ0n) is 17.6. The predicted octanol–water partition coefficient (Wildman–Crippen LogP) is 2.74. The predicted molar refractivity (Wildman–Crippen MR) is 118 cm³/mol. The van der Waals surface area contributed by atoms with E-state index in [-0.39, 0.29) is 11.7 Å². The zero-order valence-corrected chi connectivity index (χ0v) is 18.5. The maximum Gasteiger partial charge on any atom is 0.230 e. The van der Waals surface area contributed by atoms with E-state index in [2.05, 4.69) is 5.32 Å². The minimum atomic E-state index is -3.25. The van der Waals surface area contributed by atoms with E-state index in [0.717, 1.165) is 23.3 Å². The highest BCUT2D eigenvalue weighted by molar-refractivity contribution is 7.89. The number of hydrogen-bond acceptors (Lipinski definition) is 4. The molecule has 162 valence electrons. The summed E-state index contributed by atoms with van der Waals surface area (Å²) in [6, 6.07) is 17.5. The smallest absolute Gasteiger partial charge is 0.230 e. The summed E-state index contributed by atoms with van der Waals surface area (Å²) in [6.07, 6.45) is 1.67. The SMILES string of the molecule is CCS(=O)(=O)N1CCC(C(=O)NCCc2ccc(OC)cc2)(c2ccccc2)CC1. The number of nitrogens with zero attached hydrogens (tertiary/aromatic N) is 1. The number of rotatable bonds is 8. The highest BCUT2D eigenvalue weighted by Gasteiger charge is 2.44. The normalized spacial score (nSPS) is 16.7. The summed E-state index contributed by atoms with van der Waals surface area (Å²) in [6.45, 7) is 2.89. The number of ether oxygens (including phenoxy) is 1. The standard InChI is InChI=1S/C23H30N2O4S/c1-3-30(27,28)25-17-14-23(15-18-25,20-7-5-4-6-8-20)22(26)24-16-13-19-9-11-21(29-2)12-10-19/h4-12H,3,13-18H2,1-2H3,(H,24,26). The van der Waals surface area contributed by atoms with Crippen LogP contribution in [0.1, 0.15) is 30.9 Å². The van der Waals surface area contributed by atoms with E-state index >= 15 is 0 Å². The van der Waals surface area contributed by atoms with Crippen LogP contribution in [0.5, 0.6) is 5.75 Å². The molecule has 0 bridgehead atoms. The highest BCUT2D eigenvalue weighted by atomic mass is 32.2. The van der Waals surface area contributed by atoms with Gasteiger partial charge in [0.2, 0.25) is 15.9 Å². The van der Waals surface area contributed by atoms with Crippen LogP contribution < -0.4 is 10.1 Å². The van der Waals surface area contributed by atoms with Gasteiger partial charge in [-0.15, -0.1) is 0 Å². The third-order valence-corrected chi connectivity index (χ3v) is 7.84. The molecule has 3 rings (SSSR count). The fourth-order valence-electron chi connectivity index (χ4n) is 4.01. The lowest BCUT2D eigenvalue weighted by molar-refractivity contribution is -0.128. The summed E-state index contributed by atoms with van der Waals surface area (Å²) in [5.41, 5.74) is 1.36. The summed E-state index contributed by atoms with van der Waals surface area (Å²) in [5.74, 6) is 0.856. The fourth-order valence-corrected chi connectivity index (χ4v) is 5.12. The quantitative estimate of drug-likeness (QED) is 0.699. The van der Waals surface area contributed by atoms with Gasteiger partial charge in [0.1, 0.15) is 5.75 Å². The molecule has 1 fully saturated rings. The van der Waals surface area contributed by atoms with Gasteiger partial charge in [-0.2, -0.15) is 0 Å². The van der Waals surface area contributed by atoms with Crippen molar-refractivity contribution in [1.29, 1.82) is 0 Å². The van der Waals surface area contributed by atoms with Crippen molar-refractivity contribution in [2.24, 2.45) is 0 Å². The average molecular weight is 431 g/mol. The first kappa shape index (κ1) is 22.3. The van der Waals surface area contributed by atoms with Crippen LogP contribution in [0.25, 0.3) is 0 Å². The molecule has 1 amide bonds. The van der Waals surface area contributed by atoms with Gasteiger partial charge in [0.05, 0.1) is 18.3 Å². The van der Waals surface area contributed by atoms with Crippen LogP contribution in [0.15, 0.2) is 54.6 Å². The van der Waals surface area contributed by atoms with Crippen molar-refractivity contribution in [1.82, 2.24) is 9.62 Å². The molecule has 1 saturated heterocycles. The van der Waals surface area contributed by atoms with Gasteiger partial charge in [-0.1, -0.05) is 42.5 Å². The number of benzene rings is 2. The van der Waals surface area contributed by atoms with E-state index in [1.165, 1.54) is 4.31 Å². The molecule has 1 aliphatic rings. The largest absolute Gasteiger partial charge is 0.497 e. The summed E-state index contributed by atoms with van der Waals surface area (Å²) in [4.78, 5) is 13.3. The fraction of sp³-hybridized carbons (Fsp3) is 0.435. The van der Waals surface area contributed by atoms with Gasteiger partial charge in [0.25, 0.3) is 0 Å². The molecule has 2 aromatic rings. The third kappa shape index (κ3) is 4.84. The molecule has 0 unspecified atom stereocenters. The van der Waals surface area contributed by atoms with Crippen LogP contribution >= 0.6 is 0 Å². The van der Waals surface area contributed by atoms with Crippen molar-refractivity contribution in [2.75, 3.05) is 32.5 Å². The number of nitrogens with one attached hydrogen (secondary N) is 1. The van der Waals surface area contributed by atoms with Crippen molar-refractivity contribution >= 4 is 15.9 Å². The molecule has 7 heteroatoms. The van der Waals surface area contributed by atoms with E-state index in [9.17, 15) is 13.2 Å². The molecule has 2 aromatic carbocycles. The molecule has 1 N–H and O–H groups in total. The number of methoxy groups -OCH3 is 1. The molecule has 1 aliphatic heterocycles. The molecule has 6 nitrogen and oxygen atoms in total. The number of carbonyl (C=O) groups excluding carboxylic acids is 1. The molecule has 0 aromatic heterocycles. The zero-order chi connectivity index (χ0) is 21.6. The molecular weight excluding hydrogens is 400 g/mol. The van der Waals surface area contributed by atoms with E-state index in [0.29, 0.717) is 32.5 Å². The monoisotopic (exact) mass is 430 g/mol. The van der Waals surface area contributed by atoms with Crippen LogP contribution in [-0.4, -0.2) is 51.1 Å². The second-order valence-corrected chi connectivity index (χ2v) is 9.86. The Labute approximate surface area is 179 Å². The van der Waals surface area contributed by atoms with Crippen molar-refractivity contribution < 1.29 is 17.9 Å². The number of sulfonamides is 1. The lowest BCUT2D eigenvalue weighted by Gasteiger charge is -2.40. The van der Waals surface area contributed by atoms with E-state index in [1.807, 2.05) is 54.6 Å². The molecule has 0 saturated carbocycles. The minimum absolute atomic E-state index is 0.0317. The third-order valence-electron chi connectivity index (χ3n) is 5.95. The van der Waals surface area contributed by atoms with Gasteiger partial charge in [0.15, 0.2) is 0 Å². The van der Waals surface area contributed by atoms with Crippen LogP contribution in [-0.2, 0) is 26.7 Å². The highest BCUT2D eigenvalue weighted by Crippen LogP contribution is 2.36. The average Bonchev–Trinajstić information content (AvgIpc) is 2.80. The Balaban J connectivity index is 1.70. The molecule has 0 radical (unpaired) electrons. The molecule has 0 spiro atoms. The van der Waals surface area contributed by atoms with Crippen molar-refractivity contribution in [3.05, 3.63) is 65.7 Å². The first-order valence-electron chi connectivity index (χ1n) is 10.4. The second kappa shape index (κ2) is 9.62. The lowest BCUT2D eigenvalue weighted by atomic mass is 9.72. The van der Waals surface area contributed by atoms with Crippen LogP contribution in [0.2, 0.25) is 0 Å². The van der Waals surface area contributed by atoms with Gasteiger partial charge in [-0.3, -0.25) is 4.79 Å². The van der Waals surface area contributed by atoms with Gasteiger partial charge in [0, 0.05) is 19.6 Å². The van der Waals surface area contributed by atoms with E-state index < -0.39 is 15.4 Å². The summed E-state index contributed by atoms with van der Waals surface area (Å²) in [5, 5.41) is 3.10.